The molecule has 0 aliphatic rings. The van der Waals surface area contributed by atoms with Gasteiger partial charge < -0.3 is 9.84 Å². The standard InChI is InChI=1S/C17H17N5O4S/c1-10(2)16-20-15(26-21-16)7-6-14(23)19-17-18-13(9-27-17)11-4-3-5-12(8-11)22(24)25/h3-5,8-10H,6-7H2,1-2H3,(H,18,19,23). The van der Waals surface area contributed by atoms with E-state index in [1.54, 1.807) is 17.5 Å². The van der Waals surface area contributed by atoms with Gasteiger partial charge in [0.25, 0.3) is 5.69 Å². The second-order valence-corrected chi connectivity index (χ2v) is 6.95. The van der Waals surface area contributed by atoms with Crippen molar-refractivity contribution in [2.75, 3.05) is 5.32 Å². The molecule has 1 amide bonds. The average molecular weight is 387 g/mol. The number of nitro benzene ring substituents is 1. The van der Waals surface area contributed by atoms with Crippen molar-refractivity contribution in [2.45, 2.75) is 32.6 Å². The second-order valence-electron chi connectivity index (χ2n) is 6.09. The molecule has 0 spiro atoms. The molecule has 0 fully saturated rings. The highest BCUT2D eigenvalue weighted by atomic mass is 32.1. The summed E-state index contributed by atoms with van der Waals surface area (Å²) >= 11 is 1.25. The third-order valence-corrected chi connectivity index (χ3v) is 4.43. The van der Waals surface area contributed by atoms with Crippen molar-refractivity contribution in [3.05, 3.63) is 51.5 Å². The molecular formula is C17H17N5O4S. The Kier molecular flexibility index (Phi) is 5.55. The maximum Gasteiger partial charge on any atom is 0.270 e. The molecule has 9 nitrogen and oxygen atoms in total. The Hall–Kier alpha value is -3.14. The zero-order valence-corrected chi connectivity index (χ0v) is 15.5. The molecule has 3 rings (SSSR count). The number of rotatable bonds is 7. The molecule has 0 bridgehead atoms. The molecule has 10 heteroatoms. The van der Waals surface area contributed by atoms with Crippen molar-refractivity contribution in [2.24, 2.45) is 0 Å². The van der Waals surface area contributed by atoms with E-state index in [0.717, 1.165) is 0 Å². The number of benzene rings is 1. The molecule has 0 aliphatic carbocycles. The van der Waals surface area contributed by atoms with Crippen molar-refractivity contribution in [3.63, 3.8) is 0 Å². The summed E-state index contributed by atoms with van der Waals surface area (Å²) in [7, 11) is 0. The molecule has 140 valence electrons. The largest absolute Gasteiger partial charge is 0.339 e. The molecule has 0 atom stereocenters. The van der Waals surface area contributed by atoms with Gasteiger partial charge in [0, 0.05) is 41.8 Å². The first-order chi connectivity index (χ1) is 12.9. The summed E-state index contributed by atoms with van der Waals surface area (Å²) in [6.45, 7) is 3.92. The molecule has 27 heavy (non-hydrogen) atoms. The van der Waals surface area contributed by atoms with E-state index < -0.39 is 4.92 Å². The van der Waals surface area contributed by atoms with Gasteiger partial charge in [-0.05, 0) is 0 Å². The fourth-order valence-corrected chi connectivity index (χ4v) is 2.98. The summed E-state index contributed by atoms with van der Waals surface area (Å²) in [5.41, 5.74) is 1.18. The quantitative estimate of drug-likeness (QED) is 0.483. The van der Waals surface area contributed by atoms with Gasteiger partial charge in [0.2, 0.25) is 11.8 Å². The number of nitrogens with zero attached hydrogens (tertiary/aromatic N) is 4. The zero-order chi connectivity index (χ0) is 19.4. The Labute approximate surface area is 158 Å². The van der Waals surface area contributed by atoms with Crippen molar-refractivity contribution >= 4 is 28.1 Å². The second kappa shape index (κ2) is 8.04. The van der Waals surface area contributed by atoms with Crippen LogP contribution in [0.1, 0.15) is 37.9 Å². The summed E-state index contributed by atoms with van der Waals surface area (Å²) in [4.78, 5) is 31.1. The molecular weight excluding hydrogens is 370 g/mol. The molecule has 2 aromatic heterocycles. The number of carbonyl (C=O) groups excluding carboxylic acids is 1. The number of aromatic nitrogens is 3. The molecule has 0 aliphatic heterocycles. The lowest BCUT2D eigenvalue weighted by Crippen LogP contribution is -2.12. The predicted octanol–water partition coefficient (Wildman–Crippen LogP) is 3.80. The number of carbonyl (C=O) groups is 1. The molecule has 0 saturated heterocycles. The lowest BCUT2D eigenvalue weighted by molar-refractivity contribution is -0.384. The zero-order valence-electron chi connectivity index (χ0n) is 14.7. The van der Waals surface area contributed by atoms with Crippen LogP contribution < -0.4 is 5.32 Å². The van der Waals surface area contributed by atoms with Gasteiger partial charge in [-0.2, -0.15) is 4.98 Å². The van der Waals surface area contributed by atoms with Crippen LogP contribution in [-0.4, -0.2) is 26.0 Å². The number of amides is 1. The topological polar surface area (TPSA) is 124 Å². The Balaban J connectivity index is 1.59. The lowest BCUT2D eigenvalue weighted by atomic mass is 10.1. The van der Waals surface area contributed by atoms with Crippen molar-refractivity contribution in [1.82, 2.24) is 15.1 Å². The molecule has 0 unspecified atom stereocenters. The maximum atomic E-state index is 12.1. The summed E-state index contributed by atoms with van der Waals surface area (Å²) in [5, 5.41) is 19.6. The van der Waals surface area contributed by atoms with Crippen LogP contribution in [0.5, 0.6) is 0 Å². The van der Waals surface area contributed by atoms with Crippen LogP contribution in [0.15, 0.2) is 34.2 Å². The van der Waals surface area contributed by atoms with E-state index in [-0.39, 0.29) is 23.9 Å². The first-order valence-corrected chi connectivity index (χ1v) is 9.13. The smallest absolute Gasteiger partial charge is 0.270 e. The average Bonchev–Trinajstić information content (AvgIpc) is 3.29. The van der Waals surface area contributed by atoms with Crippen molar-refractivity contribution in [3.8, 4) is 11.3 Å². The maximum absolute atomic E-state index is 12.1. The number of anilines is 1. The van der Waals surface area contributed by atoms with E-state index in [9.17, 15) is 14.9 Å². The molecule has 2 heterocycles. The van der Waals surface area contributed by atoms with Gasteiger partial charge in [0.15, 0.2) is 11.0 Å². The number of nitrogens with one attached hydrogen (secondary N) is 1. The number of nitro groups is 1. The minimum absolute atomic E-state index is 0.00795. The SMILES string of the molecule is CC(C)c1noc(CCC(=O)Nc2nc(-c3cccc([N+](=O)[O-])c3)cs2)n1. The summed E-state index contributed by atoms with van der Waals surface area (Å²) in [5.74, 6) is 0.982. The van der Waals surface area contributed by atoms with E-state index >= 15 is 0 Å². The number of non-ortho nitro benzene ring substituents is 1. The van der Waals surface area contributed by atoms with Crippen LogP contribution in [0.4, 0.5) is 10.8 Å². The molecule has 0 radical (unpaired) electrons. The first kappa shape index (κ1) is 18.6. The Morgan fingerprint density at radius 3 is 2.89 bits per heavy atom. The number of hydrogen-bond acceptors (Lipinski definition) is 8. The Morgan fingerprint density at radius 2 is 2.19 bits per heavy atom. The molecule has 1 N–H and O–H groups in total. The predicted molar refractivity (Wildman–Crippen MR) is 99.5 cm³/mol. The number of aryl methyl sites for hydroxylation is 1. The van der Waals surface area contributed by atoms with Gasteiger partial charge in [-0.15, -0.1) is 11.3 Å². The molecule has 0 saturated carbocycles. The third kappa shape index (κ3) is 4.73. The highest BCUT2D eigenvalue weighted by molar-refractivity contribution is 7.14. The van der Waals surface area contributed by atoms with Crippen molar-refractivity contribution in [1.29, 1.82) is 0 Å². The fourth-order valence-electron chi connectivity index (χ4n) is 2.25. The lowest BCUT2D eigenvalue weighted by Gasteiger charge is -2.00. The van der Waals surface area contributed by atoms with E-state index in [4.69, 9.17) is 4.52 Å². The van der Waals surface area contributed by atoms with E-state index in [0.29, 0.717) is 34.5 Å². The molecule has 3 aromatic rings. The van der Waals surface area contributed by atoms with Crippen LogP contribution in [0, 0.1) is 10.1 Å². The van der Waals surface area contributed by atoms with E-state index in [2.05, 4.69) is 20.4 Å². The van der Waals surface area contributed by atoms with Gasteiger partial charge in [-0.3, -0.25) is 14.9 Å². The van der Waals surface area contributed by atoms with Gasteiger partial charge >= 0.3 is 0 Å². The van der Waals surface area contributed by atoms with Gasteiger partial charge in [0.05, 0.1) is 10.6 Å². The van der Waals surface area contributed by atoms with Crippen LogP contribution >= 0.6 is 11.3 Å². The van der Waals surface area contributed by atoms with Gasteiger partial charge in [-0.1, -0.05) is 31.1 Å². The highest BCUT2D eigenvalue weighted by Crippen LogP contribution is 2.27. The first-order valence-electron chi connectivity index (χ1n) is 8.25. The number of thiazole rings is 1. The normalized spacial score (nSPS) is 10.9. The summed E-state index contributed by atoms with van der Waals surface area (Å²) in [6.07, 6.45) is 0.528. The van der Waals surface area contributed by atoms with E-state index in [1.807, 2.05) is 13.8 Å². The van der Waals surface area contributed by atoms with Crippen LogP contribution in [0.2, 0.25) is 0 Å². The molecule has 1 aromatic carbocycles. The van der Waals surface area contributed by atoms with Crippen LogP contribution in [0.25, 0.3) is 11.3 Å². The van der Waals surface area contributed by atoms with E-state index in [1.165, 1.54) is 23.5 Å². The van der Waals surface area contributed by atoms with Gasteiger partial charge in [-0.25, -0.2) is 4.98 Å². The van der Waals surface area contributed by atoms with Crippen LogP contribution in [0.3, 0.4) is 0 Å². The fraction of sp³-hybridized carbons (Fsp3) is 0.294. The van der Waals surface area contributed by atoms with Crippen LogP contribution in [-0.2, 0) is 11.2 Å². The minimum Gasteiger partial charge on any atom is -0.339 e. The summed E-state index contributed by atoms with van der Waals surface area (Å²) in [6, 6.07) is 6.19. The highest BCUT2D eigenvalue weighted by Gasteiger charge is 2.14. The third-order valence-electron chi connectivity index (χ3n) is 3.67. The summed E-state index contributed by atoms with van der Waals surface area (Å²) < 4.78 is 5.11. The van der Waals surface area contributed by atoms with Crippen molar-refractivity contribution < 1.29 is 14.2 Å². The van der Waals surface area contributed by atoms with Gasteiger partial charge in [0.1, 0.15) is 0 Å². The Bertz CT molecular complexity index is 966. The number of hydrogen-bond donors (Lipinski definition) is 1. The monoisotopic (exact) mass is 387 g/mol. The minimum atomic E-state index is -0.458. The Morgan fingerprint density at radius 1 is 1.37 bits per heavy atom.